The van der Waals surface area contributed by atoms with Gasteiger partial charge in [0.15, 0.2) is 0 Å². The van der Waals surface area contributed by atoms with Crippen LogP contribution in [0.4, 0.5) is 11.4 Å². The minimum absolute atomic E-state index is 0.209. The van der Waals surface area contributed by atoms with Crippen LogP contribution in [-0.2, 0) is 0 Å². The standard InChI is InChI=1S/C15H13BrN2O3/c1-8-6-10(3-4-11(8)15(20)21)18-14(19)9-2-5-12(16)13(17)7-9/h2-7H,17H2,1H3,(H,18,19)(H,20,21). The van der Waals surface area contributed by atoms with Crippen molar-refractivity contribution in [2.75, 3.05) is 11.1 Å². The van der Waals surface area contributed by atoms with E-state index in [2.05, 4.69) is 21.2 Å². The molecule has 2 aromatic carbocycles. The maximum absolute atomic E-state index is 12.1. The molecule has 4 N–H and O–H groups in total. The first kappa shape index (κ1) is 15.1. The number of carboxylic acids is 1. The Bertz CT molecular complexity index is 729. The fraction of sp³-hybridized carbons (Fsp3) is 0.0667. The van der Waals surface area contributed by atoms with E-state index >= 15 is 0 Å². The second kappa shape index (κ2) is 5.97. The van der Waals surface area contributed by atoms with Crippen LogP contribution in [0.1, 0.15) is 26.3 Å². The molecule has 0 atom stereocenters. The summed E-state index contributed by atoms with van der Waals surface area (Å²) < 4.78 is 0.723. The Morgan fingerprint density at radius 3 is 2.48 bits per heavy atom. The van der Waals surface area contributed by atoms with Crippen molar-refractivity contribution in [3.8, 4) is 0 Å². The first-order chi connectivity index (χ1) is 9.88. The van der Waals surface area contributed by atoms with Gasteiger partial charge in [0.05, 0.1) is 5.56 Å². The molecule has 5 nitrogen and oxygen atoms in total. The number of anilines is 2. The number of aromatic carboxylic acids is 1. The predicted octanol–water partition coefficient (Wildman–Crippen LogP) is 3.29. The Kier molecular flexibility index (Phi) is 4.28. The van der Waals surface area contributed by atoms with Gasteiger partial charge in [0.1, 0.15) is 0 Å². The van der Waals surface area contributed by atoms with E-state index in [9.17, 15) is 9.59 Å². The molecule has 0 unspecified atom stereocenters. The third-order valence-corrected chi connectivity index (χ3v) is 3.70. The summed E-state index contributed by atoms with van der Waals surface area (Å²) in [5.41, 5.74) is 7.96. The topological polar surface area (TPSA) is 92.4 Å². The summed E-state index contributed by atoms with van der Waals surface area (Å²) in [5.74, 6) is -1.30. The second-order valence-electron chi connectivity index (χ2n) is 4.53. The molecule has 0 aliphatic rings. The number of rotatable bonds is 3. The zero-order valence-corrected chi connectivity index (χ0v) is 12.8. The summed E-state index contributed by atoms with van der Waals surface area (Å²) in [6, 6.07) is 9.54. The summed E-state index contributed by atoms with van der Waals surface area (Å²) in [5, 5.41) is 11.7. The van der Waals surface area contributed by atoms with Crippen molar-refractivity contribution in [2.45, 2.75) is 6.92 Å². The molecule has 0 bridgehead atoms. The lowest BCUT2D eigenvalue weighted by atomic mass is 10.1. The lowest BCUT2D eigenvalue weighted by Crippen LogP contribution is -2.13. The lowest BCUT2D eigenvalue weighted by molar-refractivity contribution is 0.0696. The second-order valence-corrected chi connectivity index (χ2v) is 5.38. The Morgan fingerprint density at radius 2 is 1.90 bits per heavy atom. The van der Waals surface area contributed by atoms with Gasteiger partial charge < -0.3 is 16.2 Å². The number of carbonyl (C=O) groups is 2. The Morgan fingerprint density at radius 1 is 1.19 bits per heavy atom. The molecule has 0 fully saturated rings. The van der Waals surface area contributed by atoms with Gasteiger partial charge in [0.2, 0.25) is 0 Å². The van der Waals surface area contributed by atoms with Gasteiger partial charge in [0.25, 0.3) is 5.91 Å². The van der Waals surface area contributed by atoms with Crippen molar-refractivity contribution in [3.05, 3.63) is 57.6 Å². The fourth-order valence-corrected chi connectivity index (χ4v) is 2.12. The van der Waals surface area contributed by atoms with Crippen LogP contribution in [0.15, 0.2) is 40.9 Å². The van der Waals surface area contributed by atoms with Crippen molar-refractivity contribution in [2.24, 2.45) is 0 Å². The number of carboxylic acid groups (broad SMARTS) is 1. The summed E-state index contributed by atoms with van der Waals surface area (Å²) in [6.45, 7) is 1.68. The number of amides is 1. The molecule has 0 aliphatic heterocycles. The van der Waals surface area contributed by atoms with Gasteiger partial charge in [0, 0.05) is 21.4 Å². The maximum Gasteiger partial charge on any atom is 0.335 e. The van der Waals surface area contributed by atoms with Gasteiger partial charge in [-0.1, -0.05) is 0 Å². The molecule has 0 spiro atoms. The van der Waals surface area contributed by atoms with Crippen molar-refractivity contribution in [1.29, 1.82) is 0 Å². The van der Waals surface area contributed by atoms with E-state index < -0.39 is 5.97 Å². The number of nitrogen functional groups attached to an aromatic ring is 1. The highest BCUT2D eigenvalue weighted by Crippen LogP contribution is 2.21. The monoisotopic (exact) mass is 348 g/mol. The molecule has 0 saturated heterocycles. The molecule has 0 aliphatic carbocycles. The number of nitrogens with two attached hydrogens (primary N) is 1. The van der Waals surface area contributed by atoms with E-state index in [0.717, 1.165) is 4.47 Å². The summed E-state index contributed by atoms with van der Waals surface area (Å²) in [4.78, 5) is 23.0. The van der Waals surface area contributed by atoms with Crippen LogP contribution in [0.25, 0.3) is 0 Å². The number of hydrogen-bond donors (Lipinski definition) is 3. The van der Waals surface area contributed by atoms with Gasteiger partial charge in [-0.05, 0) is 64.8 Å². The first-order valence-electron chi connectivity index (χ1n) is 6.09. The number of benzene rings is 2. The largest absolute Gasteiger partial charge is 0.478 e. The summed E-state index contributed by atoms with van der Waals surface area (Å²) in [7, 11) is 0. The minimum Gasteiger partial charge on any atom is -0.478 e. The molecular weight excluding hydrogens is 336 g/mol. The van der Waals surface area contributed by atoms with Gasteiger partial charge in [-0.25, -0.2) is 4.79 Å². The number of aryl methyl sites for hydroxylation is 1. The molecule has 0 aromatic heterocycles. The van der Waals surface area contributed by atoms with E-state index in [1.54, 1.807) is 37.3 Å². The lowest BCUT2D eigenvalue weighted by Gasteiger charge is -2.08. The molecular formula is C15H13BrN2O3. The molecule has 1 amide bonds. The van der Waals surface area contributed by atoms with Gasteiger partial charge >= 0.3 is 5.97 Å². The summed E-state index contributed by atoms with van der Waals surface area (Å²) >= 11 is 3.26. The number of nitrogens with one attached hydrogen (secondary N) is 1. The molecule has 0 heterocycles. The van der Waals surface area contributed by atoms with Crippen molar-refractivity contribution < 1.29 is 14.7 Å². The van der Waals surface area contributed by atoms with Crippen molar-refractivity contribution in [3.63, 3.8) is 0 Å². The van der Waals surface area contributed by atoms with E-state index in [4.69, 9.17) is 10.8 Å². The van der Waals surface area contributed by atoms with Gasteiger partial charge in [-0.2, -0.15) is 0 Å². The highest BCUT2D eigenvalue weighted by atomic mass is 79.9. The molecule has 6 heteroatoms. The molecule has 108 valence electrons. The highest BCUT2D eigenvalue weighted by molar-refractivity contribution is 9.10. The highest BCUT2D eigenvalue weighted by Gasteiger charge is 2.11. The van der Waals surface area contributed by atoms with E-state index in [0.29, 0.717) is 22.5 Å². The zero-order valence-electron chi connectivity index (χ0n) is 11.2. The fourth-order valence-electron chi connectivity index (χ4n) is 1.87. The number of hydrogen-bond acceptors (Lipinski definition) is 3. The third kappa shape index (κ3) is 3.41. The summed E-state index contributed by atoms with van der Waals surface area (Å²) in [6.07, 6.45) is 0. The van der Waals surface area contributed by atoms with E-state index in [1.807, 2.05) is 0 Å². The van der Waals surface area contributed by atoms with Gasteiger partial charge in [-0.3, -0.25) is 4.79 Å². The van der Waals surface area contributed by atoms with E-state index in [-0.39, 0.29) is 11.5 Å². The average molecular weight is 349 g/mol. The minimum atomic E-state index is -0.994. The Balaban J connectivity index is 2.21. The van der Waals surface area contributed by atoms with E-state index in [1.165, 1.54) is 6.07 Å². The van der Waals surface area contributed by atoms with Gasteiger partial charge in [-0.15, -0.1) is 0 Å². The van der Waals surface area contributed by atoms with Crippen LogP contribution >= 0.6 is 15.9 Å². The molecule has 21 heavy (non-hydrogen) atoms. The molecule has 0 saturated carbocycles. The first-order valence-corrected chi connectivity index (χ1v) is 6.88. The molecule has 0 radical (unpaired) electrons. The smallest absolute Gasteiger partial charge is 0.335 e. The predicted molar refractivity (Wildman–Crippen MR) is 84.6 cm³/mol. The Hall–Kier alpha value is -2.34. The number of carbonyl (C=O) groups excluding carboxylic acids is 1. The molecule has 2 aromatic rings. The average Bonchev–Trinajstić information content (AvgIpc) is 2.41. The molecule has 2 rings (SSSR count). The van der Waals surface area contributed by atoms with Crippen LogP contribution in [-0.4, -0.2) is 17.0 Å². The third-order valence-electron chi connectivity index (χ3n) is 2.97. The zero-order chi connectivity index (χ0) is 15.6. The normalized spacial score (nSPS) is 10.2. The van der Waals surface area contributed by atoms with Crippen LogP contribution in [0.2, 0.25) is 0 Å². The van der Waals surface area contributed by atoms with Crippen LogP contribution in [0.3, 0.4) is 0 Å². The number of halogens is 1. The quantitative estimate of drug-likeness (QED) is 0.742. The SMILES string of the molecule is Cc1cc(NC(=O)c2ccc(Br)c(N)c2)ccc1C(=O)O. The van der Waals surface area contributed by atoms with Crippen molar-refractivity contribution >= 4 is 39.2 Å². The maximum atomic E-state index is 12.1. The van der Waals surface area contributed by atoms with Crippen molar-refractivity contribution in [1.82, 2.24) is 0 Å². The van der Waals surface area contributed by atoms with Crippen LogP contribution in [0.5, 0.6) is 0 Å². The van der Waals surface area contributed by atoms with Crippen LogP contribution < -0.4 is 11.1 Å². The Labute approximate surface area is 129 Å². The van der Waals surface area contributed by atoms with Crippen LogP contribution in [0, 0.1) is 6.92 Å².